The molecule has 56 valence electrons. The Labute approximate surface area is 61.8 Å². The quantitative estimate of drug-likeness (QED) is 0.531. The normalized spacial score (nSPS) is 42.3. The third kappa shape index (κ3) is 1.81. The van der Waals surface area contributed by atoms with Crippen molar-refractivity contribution in [2.24, 2.45) is 11.7 Å². The molecule has 1 aliphatic carbocycles. The summed E-state index contributed by atoms with van der Waals surface area (Å²) in [5.74, 6) is 0.519. The van der Waals surface area contributed by atoms with Crippen molar-refractivity contribution in [1.82, 2.24) is 0 Å². The van der Waals surface area contributed by atoms with Crippen molar-refractivity contribution in [2.75, 3.05) is 0 Å². The maximum atomic E-state index is 9.04. The average Bonchev–Trinajstić information content (AvgIpc) is 1.98. The summed E-state index contributed by atoms with van der Waals surface area (Å²) < 4.78 is 0. The highest BCUT2D eigenvalue weighted by Gasteiger charge is 2.27. The van der Waals surface area contributed by atoms with Crippen LogP contribution in [-0.2, 0) is 0 Å². The van der Waals surface area contributed by atoms with E-state index in [1.54, 1.807) is 0 Å². The van der Waals surface area contributed by atoms with E-state index < -0.39 is 0 Å². The molecule has 1 rings (SSSR count). The molecule has 3 heteroatoms. The minimum Gasteiger partial charge on any atom is -0.392 e. The Bertz CT molecular complexity index is 79.1. The number of rotatable bonds is 0. The highest BCUT2D eigenvalue weighted by atomic mass is 35.5. The summed E-state index contributed by atoms with van der Waals surface area (Å²) in [7, 11) is 0. The van der Waals surface area contributed by atoms with Gasteiger partial charge in [0.2, 0.25) is 0 Å². The summed E-state index contributed by atoms with van der Waals surface area (Å²) in [4.78, 5) is 0. The van der Waals surface area contributed by atoms with Crippen molar-refractivity contribution in [1.29, 1.82) is 0 Å². The molecule has 0 saturated heterocycles. The van der Waals surface area contributed by atoms with Crippen LogP contribution >= 0.6 is 12.4 Å². The fourth-order valence-electron chi connectivity index (χ4n) is 1.20. The van der Waals surface area contributed by atoms with Crippen molar-refractivity contribution in [2.45, 2.75) is 31.9 Å². The summed E-state index contributed by atoms with van der Waals surface area (Å²) in [5.41, 5.74) is 5.57. The van der Waals surface area contributed by atoms with Crippen LogP contribution in [0.5, 0.6) is 0 Å². The molecule has 1 aliphatic rings. The van der Waals surface area contributed by atoms with E-state index >= 15 is 0 Å². The Morgan fingerprint density at radius 2 is 2.00 bits per heavy atom. The summed E-state index contributed by atoms with van der Waals surface area (Å²) in [5, 5.41) is 9.04. The molecule has 0 amide bonds. The third-order valence-electron chi connectivity index (χ3n) is 2.02. The SMILES string of the molecule is C[C@H]1CC[C@H](O)[C@@H]1N.Cl. The van der Waals surface area contributed by atoms with Crippen LogP contribution in [0.4, 0.5) is 0 Å². The lowest BCUT2D eigenvalue weighted by Gasteiger charge is -2.11. The molecule has 0 aromatic carbocycles. The van der Waals surface area contributed by atoms with E-state index in [0.717, 1.165) is 12.8 Å². The Morgan fingerprint density at radius 3 is 2.11 bits per heavy atom. The van der Waals surface area contributed by atoms with E-state index in [4.69, 9.17) is 10.8 Å². The van der Waals surface area contributed by atoms with E-state index in [2.05, 4.69) is 6.92 Å². The number of aliphatic hydroxyl groups is 1. The first-order chi connectivity index (χ1) is 3.72. The van der Waals surface area contributed by atoms with Gasteiger partial charge in [0.25, 0.3) is 0 Å². The lowest BCUT2D eigenvalue weighted by molar-refractivity contribution is 0.158. The van der Waals surface area contributed by atoms with E-state index in [1.165, 1.54) is 0 Å². The topological polar surface area (TPSA) is 46.2 Å². The highest BCUT2D eigenvalue weighted by Crippen LogP contribution is 2.23. The molecular formula is C6H14ClNO. The second kappa shape index (κ2) is 3.40. The second-order valence-electron chi connectivity index (χ2n) is 2.70. The Morgan fingerprint density at radius 1 is 1.44 bits per heavy atom. The number of hydrogen-bond acceptors (Lipinski definition) is 2. The lowest BCUT2D eigenvalue weighted by Crippen LogP contribution is -2.33. The monoisotopic (exact) mass is 151 g/mol. The van der Waals surface area contributed by atoms with Gasteiger partial charge in [0.1, 0.15) is 0 Å². The summed E-state index contributed by atoms with van der Waals surface area (Å²) in [6, 6.07) is 0.0370. The minimum atomic E-state index is -0.231. The number of hydrogen-bond donors (Lipinski definition) is 2. The zero-order chi connectivity index (χ0) is 6.15. The van der Waals surface area contributed by atoms with Crippen molar-refractivity contribution in [3.63, 3.8) is 0 Å². The molecule has 2 nitrogen and oxygen atoms in total. The molecule has 3 atom stereocenters. The largest absolute Gasteiger partial charge is 0.392 e. The van der Waals surface area contributed by atoms with Gasteiger partial charge < -0.3 is 10.8 Å². The van der Waals surface area contributed by atoms with Crippen LogP contribution in [-0.4, -0.2) is 17.3 Å². The maximum Gasteiger partial charge on any atom is 0.0693 e. The molecule has 0 spiro atoms. The zero-order valence-corrected chi connectivity index (χ0v) is 6.40. The Kier molecular flexibility index (Phi) is 3.48. The van der Waals surface area contributed by atoms with E-state index in [1.807, 2.05) is 0 Å². The molecular weight excluding hydrogens is 138 g/mol. The molecule has 0 bridgehead atoms. The van der Waals surface area contributed by atoms with Gasteiger partial charge in [-0.15, -0.1) is 12.4 Å². The Hall–Kier alpha value is 0.210. The van der Waals surface area contributed by atoms with Crippen LogP contribution in [0.2, 0.25) is 0 Å². The van der Waals surface area contributed by atoms with Gasteiger partial charge in [-0.2, -0.15) is 0 Å². The summed E-state index contributed by atoms with van der Waals surface area (Å²) in [6.07, 6.45) is 1.75. The predicted molar refractivity (Wildman–Crippen MR) is 39.6 cm³/mol. The zero-order valence-electron chi connectivity index (χ0n) is 5.58. The smallest absolute Gasteiger partial charge is 0.0693 e. The lowest BCUT2D eigenvalue weighted by atomic mass is 10.1. The van der Waals surface area contributed by atoms with Crippen LogP contribution in [0.25, 0.3) is 0 Å². The van der Waals surface area contributed by atoms with Gasteiger partial charge in [0.15, 0.2) is 0 Å². The molecule has 0 radical (unpaired) electrons. The van der Waals surface area contributed by atoms with Gasteiger partial charge in [-0.05, 0) is 18.8 Å². The maximum absolute atomic E-state index is 9.04. The average molecular weight is 152 g/mol. The van der Waals surface area contributed by atoms with E-state index in [0.29, 0.717) is 5.92 Å². The van der Waals surface area contributed by atoms with Crippen molar-refractivity contribution < 1.29 is 5.11 Å². The molecule has 9 heavy (non-hydrogen) atoms. The van der Waals surface area contributed by atoms with Gasteiger partial charge in [-0.1, -0.05) is 6.92 Å². The first kappa shape index (κ1) is 9.21. The van der Waals surface area contributed by atoms with Crippen molar-refractivity contribution in [3.8, 4) is 0 Å². The van der Waals surface area contributed by atoms with Gasteiger partial charge >= 0.3 is 0 Å². The van der Waals surface area contributed by atoms with Gasteiger partial charge in [-0.25, -0.2) is 0 Å². The van der Waals surface area contributed by atoms with Crippen LogP contribution in [0.15, 0.2) is 0 Å². The summed E-state index contributed by atoms with van der Waals surface area (Å²) in [6.45, 7) is 2.08. The molecule has 0 heterocycles. The predicted octanol–water partition coefficient (Wildman–Crippen LogP) is 0.526. The number of aliphatic hydroxyl groups excluding tert-OH is 1. The van der Waals surface area contributed by atoms with Crippen molar-refractivity contribution >= 4 is 12.4 Å². The van der Waals surface area contributed by atoms with Crippen molar-refractivity contribution in [3.05, 3.63) is 0 Å². The molecule has 1 fully saturated rings. The standard InChI is InChI=1S/C6H13NO.ClH/c1-4-2-3-5(8)6(4)7;/h4-6,8H,2-3,7H2,1H3;1H/t4-,5-,6+;/m0./s1. The van der Waals surface area contributed by atoms with Crippen LogP contribution in [0.3, 0.4) is 0 Å². The molecule has 0 aromatic rings. The molecule has 1 saturated carbocycles. The highest BCUT2D eigenvalue weighted by molar-refractivity contribution is 5.85. The van der Waals surface area contributed by atoms with Gasteiger partial charge in [-0.3, -0.25) is 0 Å². The van der Waals surface area contributed by atoms with Crippen LogP contribution in [0.1, 0.15) is 19.8 Å². The number of nitrogens with two attached hydrogens (primary N) is 1. The van der Waals surface area contributed by atoms with Crippen LogP contribution in [0, 0.1) is 5.92 Å². The molecule has 0 aliphatic heterocycles. The van der Waals surface area contributed by atoms with Gasteiger partial charge in [0, 0.05) is 6.04 Å². The fourth-order valence-corrected chi connectivity index (χ4v) is 1.20. The third-order valence-corrected chi connectivity index (χ3v) is 2.02. The minimum absolute atomic E-state index is 0. The van der Waals surface area contributed by atoms with E-state index in [-0.39, 0.29) is 24.6 Å². The fraction of sp³-hybridized carbons (Fsp3) is 1.00. The molecule has 3 N–H and O–H groups in total. The number of halogens is 1. The molecule has 0 unspecified atom stereocenters. The molecule has 0 aromatic heterocycles. The van der Waals surface area contributed by atoms with Gasteiger partial charge in [0.05, 0.1) is 6.10 Å². The van der Waals surface area contributed by atoms with Crippen LogP contribution < -0.4 is 5.73 Å². The first-order valence-corrected chi connectivity index (χ1v) is 3.15. The van der Waals surface area contributed by atoms with E-state index in [9.17, 15) is 0 Å². The second-order valence-corrected chi connectivity index (χ2v) is 2.70. The summed E-state index contributed by atoms with van der Waals surface area (Å²) >= 11 is 0. The first-order valence-electron chi connectivity index (χ1n) is 3.15. The Balaban J connectivity index is 0.000000640.